The molecule has 0 spiro atoms. The fourth-order valence-corrected chi connectivity index (χ4v) is 2.92. The molecule has 0 amide bonds. The number of hydrogen-bond donors (Lipinski definition) is 2. The molecule has 0 atom stereocenters. The van der Waals surface area contributed by atoms with Crippen molar-refractivity contribution in [3.63, 3.8) is 0 Å². The molecule has 0 aliphatic rings. The highest BCUT2D eigenvalue weighted by Gasteiger charge is 2.09. The van der Waals surface area contributed by atoms with E-state index in [-0.39, 0.29) is 5.75 Å². The molecule has 5 nitrogen and oxygen atoms in total. The average Bonchev–Trinajstić information content (AvgIpc) is 2.41. The van der Waals surface area contributed by atoms with E-state index in [1.165, 1.54) is 0 Å². The lowest BCUT2D eigenvalue weighted by Gasteiger charge is -2.09. The molecule has 0 aliphatic carbocycles. The highest BCUT2D eigenvalue weighted by Crippen LogP contribution is 2.16. The van der Waals surface area contributed by atoms with Gasteiger partial charge in [0.1, 0.15) is 5.75 Å². The van der Waals surface area contributed by atoms with Crippen molar-refractivity contribution >= 4 is 15.7 Å². The molecule has 0 unspecified atom stereocenters. The number of unbranched alkanes of at least 4 members (excludes halogenated alkanes) is 1. The summed E-state index contributed by atoms with van der Waals surface area (Å²) in [7, 11) is -3.27. The van der Waals surface area contributed by atoms with Crippen molar-refractivity contribution in [2.24, 2.45) is 0 Å². The molecular weight excluding hydrogens is 276 g/mol. The van der Waals surface area contributed by atoms with E-state index in [0.29, 0.717) is 18.7 Å². The van der Waals surface area contributed by atoms with Gasteiger partial charge in [0.25, 0.3) is 0 Å². The van der Waals surface area contributed by atoms with Crippen LogP contribution in [0.1, 0.15) is 26.7 Å². The van der Waals surface area contributed by atoms with Crippen molar-refractivity contribution in [1.29, 1.82) is 0 Å². The fraction of sp³-hybridized carbons (Fsp3) is 0.571. The Morgan fingerprint density at radius 1 is 1.10 bits per heavy atom. The lowest BCUT2D eigenvalue weighted by molar-refractivity contribution is 0.340. The second-order valence-electron chi connectivity index (χ2n) is 4.44. The molecule has 0 bridgehead atoms. The summed E-state index contributed by atoms with van der Waals surface area (Å²) in [6.45, 7) is 6.30. The van der Waals surface area contributed by atoms with Gasteiger partial charge in [0.2, 0.25) is 10.0 Å². The number of benzene rings is 1. The topological polar surface area (TPSA) is 67.4 Å². The van der Waals surface area contributed by atoms with E-state index >= 15 is 0 Å². The molecule has 6 heteroatoms. The van der Waals surface area contributed by atoms with E-state index in [0.717, 1.165) is 25.3 Å². The van der Waals surface area contributed by atoms with Gasteiger partial charge in [-0.2, -0.15) is 0 Å². The van der Waals surface area contributed by atoms with Crippen LogP contribution in [0.3, 0.4) is 0 Å². The Labute approximate surface area is 121 Å². The van der Waals surface area contributed by atoms with Gasteiger partial charge >= 0.3 is 0 Å². The van der Waals surface area contributed by atoms with Crippen LogP contribution in [0.2, 0.25) is 0 Å². The Hall–Kier alpha value is -1.27. The molecule has 1 aromatic carbocycles. The van der Waals surface area contributed by atoms with Crippen molar-refractivity contribution in [2.75, 3.05) is 30.2 Å². The third-order valence-electron chi connectivity index (χ3n) is 2.71. The summed E-state index contributed by atoms with van der Waals surface area (Å²) in [5.74, 6) is 0.882. The first-order valence-corrected chi connectivity index (χ1v) is 8.66. The van der Waals surface area contributed by atoms with Gasteiger partial charge in [-0.25, -0.2) is 8.42 Å². The lowest BCUT2D eigenvalue weighted by atomic mass is 10.3. The van der Waals surface area contributed by atoms with Crippen LogP contribution in [-0.2, 0) is 10.0 Å². The summed E-state index contributed by atoms with van der Waals surface area (Å²) in [5, 5.41) is 3.17. The molecule has 0 fully saturated rings. The molecular formula is C14H24N2O3S. The minimum absolute atomic E-state index is 0.144. The van der Waals surface area contributed by atoms with Crippen molar-refractivity contribution < 1.29 is 13.2 Å². The highest BCUT2D eigenvalue weighted by molar-refractivity contribution is 7.92. The smallest absolute Gasteiger partial charge is 0.232 e. The molecule has 0 saturated heterocycles. The van der Waals surface area contributed by atoms with Gasteiger partial charge < -0.3 is 10.1 Å². The third-order valence-corrected chi connectivity index (χ3v) is 4.08. The molecule has 0 aromatic heterocycles. The molecule has 20 heavy (non-hydrogen) atoms. The average molecular weight is 300 g/mol. The molecule has 0 radical (unpaired) electrons. The fourth-order valence-electron chi connectivity index (χ4n) is 1.74. The van der Waals surface area contributed by atoms with Crippen LogP contribution in [0.25, 0.3) is 0 Å². The van der Waals surface area contributed by atoms with Gasteiger partial charge in [-0.05, 0) is 57.1 Å². The predicted octanol–water partition coefficient (Wildman–Crippen LogP) is 2.22. The van der Waals surface area contributed by atoms with Crippen LogP contribution in [0.4, 0.5) is 5.69 Å². The van der Waals surface area contributed by atoms with Crippen LogP contribution in [0.5, 0.6) is 5.75 Å². The molecule has 1 aromatic rings. The summed E-state index contributed by atoms with van der Waals surface area (Å²) in [5.41, 5.74) is 0.570. The first-order chi connectivity index (χ1) is 9.57. The van der Waals surface area contributed by atoms with E-state index in [1.807, 2.05) is 13.8 Å². The van der Waals surface area contributed by atoms with Gasteiger partial charge in [-0.15, -0.1) is 0 Å². The number of nitrogens with one attached hydrogen (secondary N) is 2. The van der Waals surface area contributed by atoms with Gasteiger partial charge in [0.15, 0.2) is 0 Å². The number of rotatable bonds is 10. The van der Waals surface area contributed by atoms with Gasteiger partial charge in [0.05, 0.1) is 12.4 Å². The molecule has 114 valence electrons. The largest absolute Gasteiger partial charge is 0.494 e. The maximum atomic E-state index is 11.9. The van der Waals surface area contributed by atoms with E-state index in [4.69, 9.17) is 4.74 Å². The van der Waals surface area contributed by atoms with Crippen LogP contribution < -0.4 is 14.8 Å². The Bertz CT molecular complexity index is 472. The Morgan fingerprint density at radius 2 is 1.80 bits per heavy atom. The van der Waals surface area contributed by atoms with Crippen molar-refractivity contribution in [3.05, 3.63) is 24.3 Å². The maximum absolute atomic E-state index is 11.9. The molecule has 1 rings (SSSR count). The highest BCUT2D eigenvalue weighted by atomic mass is 32.2. The maximum Gasteiger partial charge on any atom is 0.232 e. The summed E-state index contributed by atoms with van der Waals surface area (Å²) in [6, 6.07) is 6.93. The standard InChI is InChI=1S/C14H24N2O3S/c1-3-15-11-5-6-12-20(17,18)16-13-7-9-14(10-8-13)19-4-2/h7-10,15-16H,3-6,11-12H2,1-2H3. The summed E-state index contributed by atoms with van der Waals surface area (Å²) in [4.78, 5) is 0. The summed E-state index contributed by atoms with van der Waals surface area (Å²) in [6.07, 6.45) is 1.51. The predicted molar refractivity (Wildman–Crippen MR) is 82.8 cm³/mol. The number of sulfonamides is 1. The third kappa shape index (κ3) is 6.77. The Kier molecular flexibility index (Phi) is 7.40. The van der Waals surface area contributed by atoms with E-state index in [9.17, 15) is 8.42 Å². The van der Waals surface area contributed by atoms with Gasteiger partial charge in [0, 0.05) is 5.69 Å². The second-order valence-corrected chi connectivity index (χ2v) is 6.28. The molecule has 0 heterocycles. The minimum Gasteiger partial charge on any atom is -0.494 e. The second kappa shape index (κ2) is 8.81. The van der Waals surface area contributed by atoms with Gasteiger partial charge in [-0.1, -0.05) is 6.92 Å². The Morgan fingerprint density at radius 3 is 2.40 bits per heavy atom. The van der Waals surface area contributed by atoms with Crippen LogP contribution in [-0.4, -0.2) is 33.9 Å². The van der Waals surface area contributed by atoms with Crippen molar-refractivity contribution in [2.45, 2.75) is 26.7 Å². The van der Waals surface area contributed by atoms with Crippen LogP contribution in [0, 0.1) is 0 Å². The first-order valence-electron chi connectivity index (χ1n) is 7.01. The molecule has 2 N–H and O–H groups in total. The SMILES string of the molecule is CCNCCCCS(=O)(=O)Nc1ccc(OCC)cc1. The van der Waals surface area contributed by atoms with E-state index < -0.39 is 10.0 Å². The van der Waals surface area contributed by atoms with Gasteiger partial charge in [-0.3, -0.25) is 4.72 Å². The number of ether oxygens (including phenoxy) is 1. The molecule has 0 aliphatic heterocycles. The van der Waals surface area contributed by atoms with Crippen molar-refractivity contribution in [1.82, 2.24) is 5.32 Å². The van der Waals surface area contributed by atoms with Crippen LogP contribution in [0.15, 0.2) is 24.3 Å². The monoisotopic (exact) mass is 300 g/mol. The number of hydrogen-bond acceptors (Lipinski definition) is 4. The quantitative estimate of drug-likeness (QED) is 0.650. The van der Waals surface area contributed by atoms with Crippen LogP contribution >= 0.6 is 0 Å². The van der Waals surface area contributed by atoms with Crippen molar-refractivity contribution in [3.8, 4) is 5.75 Å². The van der Waals surface area contributed by atoms with E-state index in [1.54, 1.807) is 24.3 Å². The number of anilines is 1. The first kappa shape index (κ1) is 16.8. The zero-order valence-corrected chi connectivity index (χ0v) is 13.0. The Balaban J connectivity index is 2.41. The van der Waals surface area contributed by atoms with E-state index in [2.05, 4.69) is 10.0 Å². The molecule has 0 saturated carbocycles. The summed E-state index contributed by atoms with van der Waals surface area (Å²) >= 11 is 0. The summed E-state index contributed by atoms with van der Waals surface area (Å²) < 4.78 is 31.6. The lowest BCUT2D eigenvalue weighted by Crippen LogP contribution is -2.19. The zero-order chi connectivity index (χ0) is 14.8. The zero-order valence-electron chi connectivity index (χ0n) is 12.2. The minimum atomic E-state index is -3.27. The normalized spacial score (nSPS) is 11.3.